The summed E-state index contributed by atoms with van der Waals surface area (Å²) in [7, 11) is 5.48. The van der Waals surface area contributed by atoms with Crippen molar-refractivity contribution >= 4 is 29.8 Å². The fraction of sp³-hybridized carbons (Fsp3) is 0.667. The molecule has 26 heavy (non-hydrogen) atoms. The van der Waals surface area contributed by atoms with E-state index < -0.39 is 29.5 Å². The number of guanidine groups is 1. The van der Waals surface area contributed by atoms with E-state index in [9.17, 15) is 19.2 Å². The summed E-state index contributed by atoms with van der Waals surface area (Å²) >= 11 is 0. The summed E-state index contributed by atoms with van der Waals surface area (Å²) in [4.78, 5) is 58.4. The van der Waals surface area contributed by atoms with Gasteiger partial charge >= 0.3 is 29.5 Å². The molecule has 11 nitrogen and oxygen atoms in total. The first-order valence-electron chi connectivity index (χ1n) is 8.15. The van der Waals surface area contributed by atoms with Crippen molar-refractivity contribution in [3.8, 4) is 0 Å². The predicted octanol–water partition coefficient (Wildman–Crippen LogP) is -0.759. The number of urea groups is 1. The summed E-state index contributed by atoms with van der Waals surface area (Å²) in [5, 5.41) is 3.79. The lowest BCUT2D eigenvalue weighted by molar-refractivity contribution is -0.186. The van der Waals surface area contributed by atoms with Gasteiger partial charge in [-0.2, -0.15) is 0 Å². The molecule has 2 heterocycles. The Labute approximate surface area is 151 Å². The molecule has 11 heteroatoms. The van der Waals surface area contributed by atoms with Gasteiger partial charge in [-0.25, -0.2) is 4.79 Å². The minimum absolute atomic E-state index is 0.0929. The van der Waals surface area contributed by atoms with Crippen LogP contribution in [0.15, 0.2) is 5.16 Å². The molecule has 0 unspecified atom stereocenters. The third kappa shape index (κ3) is 2.93. The number of hydrogen-bond acceptors (Lipinski definition) is 9. The fourth-order valence-corrected chi connectivity index (χ4v) is 2.65. The van der Waals surface area contributed by atoms with Gasteiger partial charge in [-0.3, -0.25) is 29.1 Å². The quantitative estimate of drug-likeness (QED) is 0.353. The molecular weight excluding hydrogens is 346 g/mol. The second-order valence-electron chi connectivity index (χ2n) is 6.13. The smallest absolute Gasteiger partial charge is 0.370 e. The van der Waals surface area contributed by atoms with Gasteiger partial charge < -0.3 is 14.5 Å². The summed E-state index contributed by atoms with van der Waals surface area (Å²) in [6.07, 6.45) is 1.66. The normalized spacial score (nSPS) is 19.0. The number of carbonyl (C=O) groups is 4. The lowest BCUT2D eigenvalue weighted by Gasteiger charge is -2.41. The van der Waals surface area contributed by atoms with E-state index >= 15 is 0 Å². The van der Waals surface area contributed by atoms with E-state index in [1.807, 2.05) is 6.92 Å². The molecule has 4 amide bonds. The molecule has 0 N–H and O–H groups in total. The molecule has 2 rings (SSSR count). The number of hydrogen-bond donors (Lipinski definition) is 0. The zero-order valence-electron chi connectivity index (χ0n) is 15.5. The Morgan fingerprint density at radius 3 is 2.31 bits per heavy atom. The number of amides is 4. The van der Waals surface area contributed by atoms with Crippen LogP contribution in [-0.4, -0.2) is 96.4 Å². The van der Waals surface area contributed by atoms with Gasteiger partial charge in [0, 0.05) is 28.2 Å². The number of ether oxygens (including phenoxy) is 1. The molecule has 0 atom stereocenters. The van der Waals surface area contributed by atoms with Crippen LogP contribution in [0.3, 0.4) is 0 Å². The van der Waals surface area contributed by atoms with Crippen molar-refractivity contribution in [2.45, 2.75) is 25.5 Å². The van der Waals surface area contributed by atoms with Crippen LogP contribution in [0.25, 0.3) is 0 Å². The minimum atomic E-state index is -2.10. The van der Waals surface area contributed by atoms with E-state index in [1.54, 1.807) is 7.05 Å². The van der Waals surface area contributed by atoms with Crippen LogP contribution in [0.1, 0.15) is 19.8 Å². The standard InChI is InChI=1S/C15H23N5O6/c1-6-7-8-25-10(21)9-17(2)13-16-26-15(20(13)5)11(22)18(3)14(24)19(4)12(15)23/h6-9H2,1-5H3. The molecule has 2 aliphatic rings. The monoisotopic (exact) mass is 369 g/mol. The van der Waals surface area contributed by atoms with Crippen LogP contribution in [-0.2, 0) is 24.0 Å². The van der Waals surface area contributed by atoms with Crippen molar-refractivity contribution in [3.63, 3.8) is 0 Å². The van der Waals surface area contributed by atoms with Gasteiger partial charge in [0.1, 0.15) is 6.54 Å². The van der Waals surface area contributed by atoms with E-state index in [0.29, 0.717) is 6.61 Å². The Hall–Kier alpha value is -2.85. The Bertz CT molecular complexity index is 639. The molecule has 0 saturated carbocycles. The number of barbiturate groups is 1. The average Bonchev–Trinajstić information content (AvgIpc) is 2.95. The van der Waals surface area contributed by atoms with E-state index in [0.717, 1.165) is 22.6 Å². The summed E-state index contributed by atoms with van der Waals surface area (Å²) < 4.78 is 5.09. The highest BCUT2D eigenvalue weighted by molar-refractivity contribution is 6.22. The molecule has 1 fully saturated rings. The van der Waals surface area contributed by atoms with Gasteiger partial charge in [0.25, 0.3) is 0 Å². The van der Waals surface area contributed by atoms with Crippen LogP contribution in [0.4, 0.5) is 4.79 Å². The summed E-state index contributed by atoms with van der Waals surface area (Å²) in [5.41, 5.74) is -2.10. The van der Waals surface area contributed by atoms with Crippen LogP contribution < -0.4 is 0 Å². The molecule has 1 saturated heterocycles. The average molecular weight is 369 g/mol. The number of rotatable bonds is 5. The summed E-state index contributed by atoms with van der Waals surface area (Å²) in [5.74, 6) is -2.09. The van der Waals surface area contributed by atoms with Gasteiger partial charge in [-0.1, -0.05) is 13.3 Å². The number of likely N-dealkylation sites (N-methyl/N-ethyl adjacent to an activating group) is 4. The van der Waals surface area contributed by atoms with Crippen LogP contribution >= 0.6 is 0 Å². The maximum absolute atomic E-state index is 12.6. The molecule has 0 aromatic heterocycles. The number of unbranched alkanes of at least 4 members (excludes halogenated alkanes) is 1. The molecule has 1 spiro atoms. The maximum Gasteiger partial charge on any atom is 0.370 e. The van der Waals surface area contributed by atoms with E-state index in [4.69, 9.17) is 9.57 Å². The highest BCUT2D eigenvalue weighted by Gasteiger charge is 2.65. The first-order chi connectivity index (χ1) is 12.2. The van der Waals surface area contributed by atoms with Crippen molar-refractivity contribution < 1.29 is 28.8 Å². The molecule has 2 aliphatic heterocycles. The topological polar surface area (TPSA) is 112 Å². The molecular formula is C15H23N5O6. The number of esters is 1. The van der Waals surface area contributed by atoms with E-state index in [1.165, 1.54) is 30.9 Å². The zero-order chi connectivity index (χ0) is 19.6. The first kappa shape index (κ1) is 19.5. The molecule has 0 aliphatic carbocycles. The summed E-state index contributed by atoms with van der Waals surface area (Å²) in [6.45, 7) is 2.16. The second kappa shape index (κ2) is 7.18. The van der Waals surface area contributed by atoms with E-state index in [2.05, 4.69) is 5.16 Å². The van der Waals surface area contributed by atoms with Crippen molar-refractivity contribution in [2.24, 2.45) is 5.16 Å². The minimum Gasteiger partial charge on any atom is -0.464 e. The van der Waals surface area contributed by atoms with Gasteiger partial charge in [-0.05, 0) is 11.6 Å². The van der Waals surface area contributed by atoms with Crippen LogP contribution in [0.2, 0.25) is 0 Å². The highest BCUT2D eigenvalue weighted by atomic mass is 16.7. The maximum atomic E-state index is 12.6. The largest absolute Gasteiger partial charge is 0.464 e. The SMILES string of the molecule is CCCCOC(=O)CN(C)C1=NOC2(C(=O)N(C)C(=O)N(C)C2=O)N1C. The molecule has 0 aromatic carbocycles. The third-order valence-electron chi connectivity index (χ3n) is 4.26. The highest BCUT2D eigenvalue weighted by Crippen LogP contribution is 2.31. The van der Waals surface area contributed by atoms with Gasteiger partial charge in [-0.15, -0.1) is 0 Å². The lowest BCUT2D eigenvalue weighted by Crippen LogP contribution is -2.73. The molecule has 144 valence electrons. The van der Waals surface area contributed by atoms with Crippen molar-refractivity contribution in [1.82, 2.24) is 19.6 Å². The second-order valence-corrected chi connectivity index (χ2v) is 6.13. The van der Waals surface area contributed by atoms with Crippen LogP contribution in [0.5, 0.6) is 0 Å². The third-order valence-corrected chi connectivity index (χ3v) is 4.26. The van der Waals surface area contributed by atoms with Crippen LogP contribution in [0, 0.1) is 0 Å². The number of imide groups is 2. The van der Waals surface area contributed by atoms with Gasteiger partial charge in [0.05, 0.1) is 6.61 Å². The number of nitrogens with zero attached hydrogens (tertiary/aromatic N) is 5. The van der Waals surface area contributed by atoms with Crippen molar-refractivity contribution in [3.05, 3.63) is 0 Å². The number of oxime groups is 1. The van der Waals surface area contributed by atoms with Gasteiger partial charge in [0.2, 0.25) is 5.96 Å². The zero-order valence-corrected chi connectivity index (χ0v) is 15.5. The lowest BCUT2D eigenvalue weighted by atomic mass is 10.1. The summed E-state index contributed by atoms with van der Waals surface area (Å²) in [6, 6.07) is -0.760. The number of carbonyl (C=O) groups excluding carboxylic acids is 4. The molecule has 0 aromatic rings. The Balaban J connectivity index is 2.14. The van der Waals surface area contributed by atoms with Crippen molar-refractivity contribution in [1.29, 1.82) is 0 Å². The Kier molecular flexibility index (Phi) is 5.38. The molecule has 0 radical (unpaired) electrons. The van der Waals surface area contributed by atoms with Crippen molar-refractivity contribution in [2.75, 3.05) is 41.3 Å². The fourth-order valence-electron chi connectivity index (χ4n) is 2.65. The Morgan fingerprint density at radius 2 is 1.77 bits per heavy atom. The molecule has 0 bridgehead atoms. The first-order valence-corrected chi connectivity index (χ1v) is 8.15. The van der Waals surface area contributed by atoms with E-state index in [-0.39, 0.29) is 12.5 Å². The Morgan fingerprint density at radius 1 is 1.19 bits per heavy atom. The van der Waals surface area contributed by atoms with Gasteiger partial charge in [0.15, 0.2) is 0 Å². The predicted molar refractivity (Wildman–Crippen MR) is 88.4 cm³/mol.